The van der Waals surface area contributed by atoms with E-state index in [1.807, 2.05) is 18.2 Å². The Labute approximate surface area is 134 Å². The third-order valence-electron chi connectivity index (χ3n) is 4.35. The summed E-state index contributed by atoms with van der Waals surface area (Å²) in [6.07, 6.45) is 8.54. The zero-order valence-corrected chi connectivity index (χ0v) is 13.7. The lowest BCUT2D eigenvalue weighted by Gasteiger charge is -2.20. The monoisotopic (exact) mass is 303 g/mol. The standard InChI is InChI=1S/C19H29NO2/c1-2-3-5-12-18(16-9-6-4-7-10-16)20-19(21)14-13-17-11-8-15-22-17/h4,6-7,9-10,17-18H,2-3,5,8,11-15H2,1H3,(H,20,21). The van der Waals surface area contributed by atoms with Crippen LogP contribution in [0.3, 0.4) is 0 Å². The van der Waals surface area contributed by atoms with Gasteiger partial charge in [0.25, 0.3) is 0 Å². The molecule has 122 valence electrons. The Morgan fingerprint density at radius 2 is 2.14 bits per heavy atom. The van der Waals surface area contributed by atoms with E-state index in [1.54, 1.807) is 0 Å². The van der Waals surface area contributed by atoms with E-state index in [4.69, 9.17) is 4.74 Å². The van der Waals surface area contributed by atoms with Gasteiger partial charge in [0.1, 0.15) is 0 Å². The molecule has 0 radical (unpaired) electrons. The van der Waals surface area contributed by atoms with Crippen molar-refractivity contribution in [3.63, 3.8) is 0 Å². The van der Waals surface area contributed by atoms with Crippen LogP contribution >= 0.6 is 0 Å². The number of unbranched alkanes of at least 4 members (excludes halogenated alkanes) is 2. The van der Waals surface area contributed by atoms with Crippen molar-refractivity contribution in [3.05, 3.63) is 35.9 Å². The lowest BCUT2D eigenvalue weighted by Crippen LogP contribution is -2.29. The van der Waals surface area contributed by atoms with Crippen LogP contribution in [0, 0.1) is 0 Å². The molecule has 1 heterocycles. The summed E-state index contributed by atoms with van der Waals surface area (Å²) in [7, 11) is 0. The van der Waals surface area contributed by atoms with Crippen molar-refractivity contribution < 1.29 is 9.53 Å². The molecule has 0 bridgehead atoms. The predicted molar refractivity (Wildman–Crippen MR) is 89.7 cm³/mol. The third-order valence-corrected chi connectivity index (χ3v) is 4.35. The maximum Gasteiger partial charge on any atom is 0.220 e. The Morgan fingerprint density at radius 1 is 1.32 bits per heavy atom. The third kappa shape index (κ3) is 5.80. The lowest BCUT2D eigenvalue weighted by atomic mass is 10.00. The highest BCUT2D eigenvalue weighted by Crippen LogP contribution is 2.21. The normalized spacial score (nSPS) is 19.0. The summed E-state index contributed by atoms with van der Waals surface area (Å²) < 4.78 is 5.59. The molecule has 2 rings (SSSR count). The van der Waals surface area contributed by atoms with Gasteiger partial charge in [0.15, 0.2) is 0 Å². The lowest BCUT2D eigenvalue weighted by molar-refractivity contribution is -0.122. The van der Waals surface area contributed by atoms with Crippen molar-refractivity contribution in [2.75, 3.05) is 6.61 Å². The van der Waals surface area contributed by atoms with Gasteiger partial charge in [-0.1, -0.05) is 56.5 Å². The summed E-state index contributed by atoms with van der Waals surface area (Å²) in [6, 6.07) is 10.5. The quantitative estimate of drug-likeness (QED) is 0.687. The van der Waals surface area contributed by atoms with E-state index in [2.05, 4.69) is 24.4 Å². The van der Waals surface area contributed by atoms with Gasteiger partial charge in [0, 0.05) is 13.0 Å². The topological polar surface area (TPSA) is 38.3 Å². The molecule has 0 aliphatic carbocycles. The minimum absolute atomic E-state index is 0.143. The second-order valence-electron chi connectivity index (χ2n) is 6.20. The van der Waals surface area contributed by atoms with E-state index in [-0.39, 0.29) is 11.9 Å². The SMILES string of the molecule is CCCCCC(NC(=O)CCC1CCCO1)c1ccccc1. The highest BCUT2D eigenvalue weighted by molar-refractivity contribution is 5.76. The maximum absolute atomic E-state index is 12.2. The molecule has 0 saturated carbocycles. The fourth-order valence-corrected chi connectivity index (χ4v) is 3.04. The van der Waals surface area contributed by atoms with Crippen LogP contribution in [-0.4, -0.2) is 18.6 Å². The van der Waals surface area contributed by atoms with Crippen molar-refractivity contribution in [2.45, 2.75) is 70.4 Å². The number of amides is 1. The van der Waals surface area contributed by atoms with Crippen LogP contribution in [0.5, 0.6) is 0 Å². The van der Waals surface area contributed by atoms with E-state index < -0.39 is 0 Å². The molecule has 3 nitrogen and oxygen atoms in total. The average Bonchev–Trinajstić information content (AvgIpc) is 3.06. The molecule has 22 heavy (non-hydrogen) atoms. The van der Waals surface area contributed by atoms with Gasteiger partial charge in [-0.2, -0.15) is 0 Å². The number of ether oxygens (including phenoxy) is 1. The molecule has 1 aliphatic rings. The van der Waals surface area contributed by atoms with Gasteiger partial charge in [-0.15, -0.1) is 0 Å². The number of rotatable bonds is 9. The van der Waals surface area contributed by atoms with Crippen LogP contribution < -0.4 is 5.32 Å². The summed E-state index contributed by atoms with van der Waals surface area (Å²) in [6.45, 7) is 3.06. The molecule has 1 aromatic rings. The van der Waals surface area contributed by atoms with Gasteiger partial charge >= 0.3 is 0 Å². The molecule has 2 atom stereocenters. The number of nitrogens with one attached hydrogen (secondary N) is 1. The van der Waals surface area contributed by atoms with E-state index in [0.29, 0.717) is 12.5 Å². The molecule has 0 aromatic heterocycles. The first-order valence-electron chi connectivity index (χ1n) is 8.75. The first-order chi connectivity index (χ1) is 10.8. The van der Waals surface area contributed by atoms with Crippen molar-refractivity contribution in [1.29, 1.82) is 0 Å². The second kappa shape index (κ2) is 9.62. The number of hydrogen-bond donors (Lipinski definition) is 1. The highest BCUT2D eigenvalue weighted by atomic mass is 16.5. The molecule has 2 unspecified atom stereocenters. The van der Waals surface area contributed by atoms with Crippen molar-refractivity contribution in [3.8, 4) is 0 Å². The molecule has 1 amide bonds. The number of carbonyl (C=O) groups is 1. The van der Waals surface area contributed by atoms with Crippen LogP contribution in [0.25, 0.3) is 0 Å². The van der Waals surface area contributed by atoms with Gasteiger partial charge in [0.2, 0.25) is 5.91 Å². The maximum atomic E-state index is 12.2. The first kappa shape index (κ1) is 17.0. The Kier molecular flexibility index (Phi) is 7.44. The number of hydrogen-bond acceptors (Lipinski definition) is 2. The smallest absolute Gasteiger partial charge is 0.220 e. The molecule has 0 spiro atoms. The Hall–Kier alpha value is -1.35. The molecular weight excluding hydrogens is 274 g/mol. The average molecular weight is 303 g/mol. The van der Waals surface area contributed by atoms with Gasteiger partial charge in [0.05, 0.1) is 12.1 Å². The summed E-state index contributed by atoms with van der Waals surface area (Å²) in [5.74, 6) is 0.154. The van der Waals surface area contributed by atoms with E-state index >= 15 is 0 Å². The molecule has 3 heteroatoms. The van der Waals surface area contributed by atoms with Crippen LogP contribution in [0.15, 0.2) is 30.3 Å². The first-order valence-corrected chi connectivity index (χ1v) is 8.75. The van der Waals surface area contributed by atoms with Crippen molar-refractivity contribution in [2.24, 2.45) is 0 Å². The number of carbonyl (C=O) groups excluding carboxylic acids is 1. The van der Waals surface area contributed by atoms with Crippen molar-refractivity contribution in [1.82, 2.24) is 5.32 Å². The summed E-state index contributed by atoms with van der Waals surface area (Å²) in [5.41, 5.74) is 1.21. The van der Waals surface area contributed by atoms with Crippen molar-refractivity contribution >= 4 is 5.91 Å². The van der Waals surface area contributed by atoms with E-state index in [9.17, 15) is 4.79 Å². The van der Waals surface area contributed by atoms with Gasteiger partial charge in [-0.3, -0.25) is 4.79 Å². The zero-order valence-electron chi connectivity index (χ0n) is 13.7. The van der Waals surface area contributed by atoms with Crippen LogP contribution in [0.2, 0.25) is 0 Å². The second-order valence-corrected chi connectivity index (χ2v) is 6.20. The van der Waals surface area contributed by atoms with Gasteiger partial charge in [-0.05, 0) is 31.2 Å². The molecule has 1 saturated heterocycles. The zero-order chi connectivity index (χ0) is 15.6. The van der Waals surface area contributed by atoms with Crippen LogP contribution in [0.1, 0.15) is 69.9 Å². The largest absolute Gasteiger partial charge is 0.378 e. The molecule has 1 aliphatic heterocycles. The molecule has 1 fully saturated rings. The number of benzene rings is 1. The van der Waals surface area contributed by atoms with Gasteiger partial charge in [-0.25, -0.2) is 0 Å². The summed E-state index contributed by atoms with van der Waals surface area (Å²) >= 11 is 0. The fourth-order valence-electron chi connectivity index (χ4n) is 3.04. The molecular formula is C19H29NO2. The molecule has 1 aromatic carbocycles. The Morgan fingerprint density at radius 3 is 2.82 bits per heavy atom. The van der Waals surface area contributed by atoms with Crippen LogP contribution in [-0.2, 0) is 9.53 Å². The summed E-state index contributed by atoms with van der Waals surface area (Å²) in [5, 5.41) is 3.22. The van der Waals surface area contributed by atoms with E-state index in [1.165, 1.54) is 18.4 Å². The fraction of sp³-hybridized carbons (Fsp3) is 0.632. The minimum Gasteiger partial charge on any atom is -0.378 e. The van der Waals surface area contributed by atoms with Crippen LogP contribution in [0.4, 0.5) is 0 Å². The Bertz CT molecular complexity index is 426. The minimum atomic E-state index is 0.143. The highest BCUT2D eigenvalue weighted by Gasteiger charge is 2.18. The summed E-state index contributed by atoms with van der Waals surface area (Å²) in [4.78, 5) is 12.2. The Balaban J connectivity index is 1.83. The molecule has 1 N–H and O–H groups in total. The predicted octanol–water partition coefficient (Wildman–Crippen LogP) is 4.38. The van der Waals surface area contributed by atoms with Gasteiger partial charge < -0.3 is 10.1 Å². The van der Waals surface area contributed by atoms with E-state index in [0.717, 1.165) is 38.7 Å².